The van der Waals surface area contributed by atoms with E-state index in [1.807, 2.05) is 18.2 Å². The Labute approximate surface area is 167 Å². The average Bonchev–Trinajstić information content (AvgIpc) is 3.31. The molecular weight excluding hydrogens is 381 g/mol. The first kappa shape index (κ1) is 18.6. The van der Waals surface area contributed by atoms with Crippen LogP contribution in [-0.4, -0.2) is 22.6 Å². The molecule has 144 valence electrons. The number of anilines is 1. The first-order chi connectivity index (χ1) is 13.4. The van der Waals surface area contributed by atoms with Gasteiger partial charge in [0, 0.05) is 24.2 Å². The summed E-state index contributed by atoms with van der Waals surface area (Å²) < 4.78 is 19.1. The quantitative estimate of drug-likeness (QED) is 0.607. The molecule has 0 N–H and O–H groups in total. The van der Waals surface area contributed by atoms with Crippen LogP contribution in [0.5, 0.6) is 0 Å². The Morgan fingerprint density at radius 1 is 1.25 bits per heavy atom. The molecule has 2 heterocycles. The maximum absolute atomic E-state index is 13.7. The van der Waals surface area contributed by atoms with E-state index in [2.05, 4.69) is 30.1 Å². The van der Waals surface area contributed by atoms with Crippen LogP contribution in [0.25, 0.3) is 11.4 Å². The van der Waals surface area contributed by atoms with Crippen LogP contribution in [0, 0.1) is 5.82 Å². The summed E-state index contributed by atoms with van der Waals surface area (Å²) in [6.07, 6.45) is 0.294. The van der Waals surface area contributed by atoms with Gasteiger partial charge < -0.3 is 9.42 Å². The van der Waals surface area contributed by atoms with Crippen molar-refractivity contribution in [2.75, 3.05) is 11.4 Å². The smallest absolute Gasteiger partial charge is 0.232 e. The van der Waals surface area contributed by atoms with Gasteiger partial charge in [0.25, 0.3) is 0 Å². The summed E-state index contributed by atoms with van der Waals surface area (Å²) in [4.78, 5) is 18.7. The van der Waals surface area contributed by atoms with Crippen LogP contribution in [0.2, 0.25) is 5.02 Å². The summed E-state index contributed by atoms with van der Waals surface area (Å²) in [5.74, 6) is 0.306. The molecule has 1 unspecified atom stereocenters. The zero-order valence-electron chi connectivity index (χ0n) is 15.5. The number of hydrogen-bond acceptors (Lipinski definition) is 4. The van der Waals surface area contributed by atoms with Crippen molar-refractivity contribution in [1.29, 1.82) is 0 Å². The number of nitrogens with zero attached hydrogens (tertiary/aromatic N) is 3. The number of benzene rings is 2. The van der Waals surface area contributed by atoms with Gasteiger partial charge >= 0.3 is 0 Å². The highest BCUT2D eigenvalue weighted by atomic mass is 35.5. The van der Waals surface area contributed by atoms with Crippen molar-refractivity contribution in [1.82, 2.24) is 10.1 Å². The lowest BCUT2D eigenvalue weighted by molar-refractivity contribution is -0.117. The molecule has 0 radical (unpaired) electrons. The third kappa shape index (κ3) is 3.52. The van der Waals surface area contributed by atoms with E-state index in [0.29, 0.717) is 30.3 Å². The first-order valence-corrected chi connectivity index (χ1v) is 9.49. The van der Waals surface area contributed by atoms with Gasteiger partial charge in [0.15, 0.2) is 0 Å². The van der Waals surface area contributed by atoms with Crippen LogP contribution in [0.1, 0.15) is 43.6 Å². The van der Waals surface area contributed by atoms with Gasteiger partial charge in [-0.1, -0.05) is 42.7 Å². The third-order valence-electron chi connectivity index (χ3n) is 4.94. The predicted octanol–water partition coefficient (Wildman–Crippen LogP) is 5.17. The van der Waals surface area contributed by atoms with Crippen molar-refractivity contribution >= 4 is 23.2 Å². The molecule has 1 saturated heterocycles. The molecule has 0 aliphatic carbocycles. The van der Waals surface area contributed by atoms with E-state index in [-0.39, 0.29) is 22.7 Å². The molecule has 3 aromatic rings. The zero-order chi connectivity index (χ0) is 19.8. The number of carbonyl (C=O) groups is 1. The van der Waals surface area contributed by atoms with E-state index >= 15 is 0 Å². The fraction of sp³-hybridized carbons (Fsp3) is 0.286. The lowest BCUT2D eigenvalue weighted by atomic mass is 10.0. The highest BCUT2D eigenvalue weighted by Gasteiger charge is 2.35. The second-order valence-corrected chi connectivity index (χ2v) is 7.65. The molecule has 4 rings (SSSR count). The molecule has 1 atom stereocenters. The number of halogens is 2. The lowest BCUT2D eigenvalue weighted by Crippen LogP contribution is -2.24. The highest BCUT2D eigenvalue weighted by molar-refractivity contribution is 6.30. The van der Waals surface area contributed by atoms with E-state index < -0.39 is 5.82 Å². The Hall–Kier alpha value is -2.73. The third-order valence-corrected chi connectivity index (χ3v) is 5.25. The van der Waals surface area contributed by atoms with Gasteiger partial charge in [0.1, 0.15) is 5.82 Å². The molecule has 0 saturated carbocycles. The summed E-state index contributed by atoms with van der Waals surface area (Å²) in [6, 6.07) is 12.3. The number of amides is 1. The standard InChI is InChI=1S/C21H19ClFN3O2/c1-12(2)13-4-3-5-16(8-13)26-11-15(10-19(26)27)21-24-20(25-28-21)14-6-7-17(22)18(23)9-14/h3-9,12,15H,10-11H2,1-2H3. The van der Waals surface area contributed by atoms with Crippen molar-refractivity contribution in [3.05, 3.63) is 64.8 Å². The summed E-state index contributed by atoms with van der Waals surface area (Å²) in [5, 5.41) is 3.97. The van der Waals surface area contributed by atoms with Crippen LogP contribution in [0.3, 0.4) is 0 Å². The molecule has 0 spiro atoms. The molecule has 0 bridgehead atoms. The van der Waals surface area contributed by atoms with Crippen molar-refractivity contribution in [2.45, 2.75) is 32.1 Å². The molecule has 1 aliphatic heterocycles. The van der Waals surface area contributed by atoms with E-state index in [1.54, 1.807) is 11.0 Å². The fourth-order valence-corrected chi connectivity index (χ4v) is 3.45. The Balaban J connectivity index is 1.55. The van der Waals surface area contributed by atoms with Crippen molar-refractivity contribution in [3.8, 4) is 11.4 Å². The molecular formula is C21H19ClFN3O2. The number of aromatic nitrogens is 2. The van der Waals surface area contributed by atoms with Gasteiger partial charge in [-0.2, -0.15) is 4.98 Å². The van der Waals surface area contributed by atoms with Crippen LogP contribution < -0.4 is 4.90 Å². The van der Waals surface area contributed by atoms with Crippen molar-refractivity contribution < 1.29 is 13.7 Å². The Kier molecular flexibility index (Phi) is 4.89. The summed E-state index contributed by atoms with van der Waals surface area (Å²) in [6.45, 7) is 4.71. The van der Waals surface area contributed by atoms with Gasteiger partial charge in [-0.05, 0) is 41.8 Å². The summed E-state index contributed by atoms with van der Waals surface area (Å²) >= 11 is 5.72. The van der Waals surface area contributed by atoms with E-state index in [0.717, 1.165) is 5.69 Å². The number of hydrogen-bond donors (Lipinski definition) is 0. The van der Waals surface area contributed by atoms with Crippen LogP contribution >= 0.6 is 11.6 Å². The van der Waals surface area contributed by atoms with E-state index in [4.69, 9.17) is 16.1 Å². The molecule has 2 aromatic carbocycles. The fourth-order valence-electron chi connectivity index (χ4n) is 3.33. The second kappa shape index (κ2) is 7.36. The van der Waals surface area contributed by atoms with Crippen molar-refractivity contribution in [3.63, 3.8) is 0 Å². The molecule has 1 amide bonds. The van der Waals surface area contributed by atoms with Gasteiger partial charge in [-0.15, -0.1) is 0 Å². The van der Waals surface area contributed by atoms with Gasteiger partial charge in [-0.3, -0.25) is 4.79 Å². The van der Waals surface area contributed by atoms with Gasteiger partial charge in [-0.25, -0.2) is 4.39 Å². The molecule has 1 fully saturated rings. The summed E-state index contributed by atoms with van der Waals surface area (Å²) in [7, 11) is 0. The van der Waals surface area contributed by atoms with Gasteiger partial charge in [0.05, 0.1) is 10.9 Å². The Morgan fingerprint density at radius 3 is 2.82 bits per heavy atom. The zero-order valence-corrected chi connectivity index (χ0v) is 16.3. The monoisotopic (exact) mass is 399 g/mol. The van der Waals surface area contributed by atoms with Crippen molar-refractivity contribution in [2.24, 2.45) is 0 Å². The van der Waals surface area contributed by atoms with E-state index in [9.17, 15) is 9.18 Å². The van der Waals surface area contributed by atoms with Crippen LogP contribution in [0.15, 0.2) is 47.0 Å². The minimum Gasteiger partial charge on any atom is -0.339 e. The largest absolute Gasteiger partial charge is 0.339 e. The Bertz CT molecular complexity index is 1030. The topological polar surface area (TPSA) is 59.2 Å². The minimum atomic E-state index is -0.544. The number of rotatable bonds is 4. The normalized spacial score (nSPS) is 17.0. The summed E-state index contributed by atoms with van der Waals surface area (Å²) in [5.41, 5.74) is 2.53. The number of carbonyl (C=O) groups excluding carboxylic acids is 1. The second-order valence-electron chi connectivity index (χ2n) is 7.24. The molecule has 1 aliphatic rings. The first-order valence-electron chi connectivity index (χ1n) is 9.11. The van der Waals surface area contributed by atoms with Crippen LogP contribution in [-0.2, 0) is 4.79 Å². The highest BCUT2D eigenvalue weighted by Crippen LogP contribution is 2.33. The SMILES string of the molecule is CC(C)c1cccc(N2CC(c3nc(-c4ccc(Cl)c(F)c4)no3)CC2=O)c1. The molecule has 28 heavy (non-hydrogen) atoms. The molecule has 7 heteroatoms. The molecule has 1 aromatic heterocycles. The maximum Gasteiger partial charge on any atom is 0.232 e. The van der Waals surface area contributed by atoms with Crippen LogP contribution in [0.4, 0.5) is 10.1 Å². The Morgan fingerprint density at radius 2 is 2.07 bits per heavy atom. The van der Waals surface area contributed by atoms with Gasteiger partial charge in [0.2, 0.25) is 17.6 Å². The predicted molar refractivity (Wildman–Crippen MR) is 105 cm³/mol. The molecule has 5 nitrogen and oxygen atoms in total. The maximum atomic E-state index is 13.7. The minimum absolute atomic E-state index is 0.0168. The van der Waals surface area contributed by atoms with E-state index in [1.165, 1.54) is 17.7 Å². The lowest BCUT2D eigenvalue weighted by Gasteiger charge is -2.18. The average molecular weight is 400 g/mol.